The van der Waals surface area contributed by atoms with Crippen molar-refractivity contribution in [1.29, 1.82) is 0 Å². The Hall–Kier alpha value is -2.64. The average molecular weight is 328 g/mol. The minimum Gasteiger partial charge on any atom is -0.370 e. The predicted molar refractivity (Wildman–Crippen MR) is 93.8 cm³/mol. The van der Waals surface area contributed by atoms with Gasteiger partial charge in [0.1, 0.15) is 0 Å². The van der Waals surface area contributed by atoms with Crippen molar-refractivity contribution in [1.82, 2.24) is 24.6 Å². The molecule has 8 nitrogen and oxygen atoms in total. The quantitative estimate of drug-likeness (QED) is 0.651. The zero-order valence-electron chi connectivity index (χ0n) is 14.5. The third-order valence-corrected chi connectivity index (χ3v) is 4.50. The molecule has 8 heteroatoms. The molecule has 2 aromatic heterocycles. The van der Waals surface area contributed by atoms with Gasteiger partial charge in [-0.15, -0.1) is 0 Å². The van der Waals surface area contributed by atoms with E-state index in [2.05, 4.69) is 36.8 Å². The number of nitrogens with two attached hydrogens (primary N) is 1. The molecular formula is C16H24N8. The van der Waals surface area contributed by atoms with Crippen LogP contribution in [0.3, 0.4) is 0 Å². The second kappa shape index (κ2) is 6.86. The van der Waals surface area contributed by atoms with Crippen LogP contribution in [0.2, 0.25) is 0 Å². The first kappa shape index (κ1) is 16.2. The van der Waals surface area contributed by atoms with E-state index in [9.17, 15) is 0 Å². The fourth-order valence-electron chi connectivity index (χ4n) is 2.90. The smallest absolute Gasteiger partial charge is 0.225 e. The summed E-state index contributed by atoms with van der Waals surface area (Å²) < 4.78 is 1.88. The van der Waals surface area contributed by atoms with Crippen molar-refractivity contribution in [3.63, 3.8) is 0 Å². The third kappa shape index (κ3) is 3.32. The molecule has 24 heavy (non-hydrogen) atoms. The van der Waals surface area contributed by atoms with Crippen LogP contribution in [0.4, 0.5) is 5.95 Å². The van der Waals surface area contributed by atoms with Crippen LogP contribution in [0.1, 0.15) is 17.0 Å². The van der Waals surface area contributed by atoms with E-state index in [4.69, 9.17) is 5.73 Å². The number of aromatic nitrogens is 4. The Morgan fingerprint density at radius 1 is 1.17 bits per heavy atom. The van der Waals surface area contributed by atoms with E-state index in [0.717, 1.165) is 49.1 Å². The monoisotopic (exact) mass is 328 g/mol. The van der Waals surface area contributed by atoms with E-state index < -0.39 is 0 Å². The molecule has 0 amide bonds. The highest BCUT2D eigenvalue weighted by Gasteiger charge is 2.20. The maximum atomic E-state index is 6.19. The number of hydrogen-bond acceptors (Lipinski definition) is 5. The SMILES string of the molecule is Cc1nn(C)c(C)c1CN=C(N)N1CCN(c2ncccn2)CC1. The van der Waals surface area contributed by atoms with Gasteiger partial charge in [0.15, 0.2) is 5.96 Å². The van der Waals surface area contributed by atoms with Gasteiger partial charge in [0.25, 0.3) is 0 Å². The van der Waals surface area contributed by atoms with E-state index in [1.54, 1.807) is 12.4 Å². The number of hydrogen-bond donors (Lipinski definition) is 1. The Labute approximate surface area is 142 Å². The number of nitrogens with zero attached hydrogens (tertiary/aromatic N) is 7. The minimum atomic E-state index is 0.569. The maximum absolute atomic E-state index is 6.19. The molecule has 2 aromatic rings. The lowest BCUT2D eigenvalue weighted by atomic mass is 10.2. The van der Waals surface area contributed by atoms with Gasteiger partial charge in [0.05, 0.1) is 12.2 Å². The summed E-state index contributed by atoms with van der Waals surface area (Å²) in [5.74, 6) is 1.36. The van der Waals surface area contributed by atoms with Crippen molar-refractivity contribution < 1.29 is 0 Å². The van der Waals surface area contributed by atoms with Gasteiger partial charge in [0.2, 0.25) is 5.95 Å². The second-order valence-corrected chi connectivity index (χ2v) is 5.97. The third-order valence-electron chi connectivity index (χ3n) is 4.50. The van der Waals surface area contributed by atoms with E-state index in [1.807, 2.05) is 24.7 Å². The molecule has 0 unspecified atom stereocenters. The molecule has 0 aromatic carbocycles. The molecule has 128 valence electrons. The fourth-order valence-corrected chi connectivity index (χ4v) is 2.90. The predicted octanol–water partition coefficient (Wildman–Crippen LogP) is 0.464. The first-order valence-corrected chi connectivity index (χ1v) is 8.12. The summed E-state index contributed by atoms with van der Waals surface area (Å²) in [6.45, 7) is 7.94. The largest absolute Gasteiger partial charge is 0.370 e. The summed E-state index contributed by atoms with van der Waals surface area (Å²) in [5, 5.41) is 4.42. The molecule has 0 radical (unpaired) electrons. The van der Waals surface area contributed by atoms with Crippen molar-refractivity contribution in [2.45, 2.75) is 20.4 Å². The van der Waals surface area contributed by atoms with Gasteiger partial charge in [-0.3, -0.25) is 4.68 Å². The fraction of sp³-hybridized carbons (Fsp3) is 0.500. The molecule has 0 aliphatic carbocycles. The van der Waals surface area contributed by atoms with Gasteiger partial charge < -0.3 is 15.5 Å². The lowest BCUT2D eigenvalue weighted by Gasteiger charge is -2.35. The first-order valence-electron chi connectivity index (χ1n) is 8.12. The van der Waals surface area contributed by atoms with Gasteiger partial charge >= 0.3 is 0 Å². The molecule has 3 rings (SSSR count). The number of aryl methyl sites for hydroxylation is 2. The number of aliphatic imine (C=N–C) groups is 1. The van der Waals surface area contributed by atoms with Crippen molar-refractivity contribution >= 4 is 11.9 Å². The first-order chi connectivity index (χ1) is 11.6. The summed E-state index contributed by atoms with van der Waals surface area (Å²) >= 11 is 0. The molecule has 3 heterocycles. The topological polar surface area (TPSA) is 88.5 Å². The van der Waals surface area contributed by atoms with Gasteiger partial charge in [-0.1, -0.05) is 0 Å². The zero-order valence-corrected chi connectivity index (χ0v) is 14.5. The van der Waals surface area contributed by atoms with Crippen LogP contribution in [0.25, 0.3) is 0 Å². The van der Waals surface area contributed by atoms with Crippen LogP contribution in [0.15, 0.2) is 23.5 Å². The highest BCUT2D eigenvalue weighted by Crippen LogP contribution is 2.14. The van der Waals surface area contributed by atoms with E-state index >= 15 is 0 Å². The Bertz CT molecular complexity index is 713. The molecule has 2 N–H and O–H groups in total. The van der Waals surface area contributed by atoms with Crippen molar-refractivity contribution in [3.05, 3.63) is 35.4 Å². The lowest BCUT2D eigenvalue weighted by molar-refractivity contribution is 0.378. The van der Waals surface area contributed by atoms with Crippen LogP contribution in [0, 0.1) is 13.8 Å². The van der Waals surface area contributed by atoms with Crippen molar-refractivity contribution in [2.24, 2.45) is 17.8 Å². The maximum Gasteiger partial charge on any atom is 0.225 e. The van der Waals surface area contributed by atoms with E-state index in [-0.39, 0.29) is 0 Å². The molecule has 1 saturated heterocycles. The average Bonchev–Trinajstić information content (AvgIpc) is 2.86. The Morgan fingerprint density at radius 2 is 1.83 bits per heavy atom. The molecule has 0 spiro atoms. The molecule has 0 bridgehead atoms. The Morgan fingerprint density at radius 3 is 2.42 bits per heavy atom. The van der Waals surface area contributed by atoms with Gasteiger partial charge in [-0.25, -0.2) is 15.0 Å². The van der Waals surface area contributed by atoms with Crippen LogP contribution >= 0.6 is 0 Å². The number of guanidine groups is 1. The Kier molecular flexibility index (Phi) is 4.64. The van der Waals surface area contributed by atoms with Crippen LogP contribution in [-0.2, 0) is 13.6 Å². The van der Waals surface area contributed by atoms with Crippen molar-refractivity contribution in [3.8, 4) is 0 Å². The molecule has 1 aliphatic rings. The van der Waals surface area contributed by atoms with Crippen molar-refractivity contribution in [2.75, 3.05) is 31.1 Å². The van der Waals surface area contributed by atoms with Crippen LogP contribution < -0.4 is 10.6 Å². The van der Waals surface area contributed by atoms with Gasteiger partial charge in [-0.05, 0) is 19.9 Å². The van der Waals surface area contributed by atoms with Gasteiger partial charge in [-0.2, -0.15) is 5.10 Å². The van der Waals surface area contributed by atoms with E-state index in [0.29, 0.717) is 12.5 Å². The number of rotatable bonds is 3. The minimum absolute atomic E-state index is 0.569. The molecule has 0 saturated carbocycles. The summed E-state index contributed by atoms with van der Waals surface area (Å²) in [7, 11) is 1.95. The number of anilines is 1. The molecule has 1 aliphatic heterocycles. The normalized spacial score (nSPS) is 15.9. The van der Waals surface area contributed by atoms with Crippen LogP contribution in [0.5, 0.6) is 0 Å². The number of piperazine rings is 1. The van der Waals surface area contributed by atoms with Gasteiger partial charge in [0, 0.05) is 56.9 Å². The summed E-state index contributed by atoms with van der Waals surface area (Å²) in [4.78, 5) is 17.4. The highest BCUT2D eigenvalue weighted by atomic mass is 15.4. The van der Waals surface area contributed by atoms with Crippen LogP contribution in [-0.4, -0.2) is 56.8 Å². The zero-order chi connectivity index (χ0) is 17.1. The molecular weight excluding hydrogens is 304 g/mol. The van der Waals surface area contributed by atoms with E-state index in [1.165, 1.54) is 0 Å². The lowest BCUT2D eigenvalue weighted by Crippen LogP contribution is -2.51. The summed E-state index contributed by atoms with van der Waals surface area (Å²) in [6.07, 6.45) is 3.53. The molecule has 0 atom stereocenters. The Balaban J connectivity index is 1.59. The second-order valence-electron chi connectivity index (χ2n) is 5.97. The highest BCUT2D eigenvalue weighted by molar-refractivity contribution is 5.78. The summed E-state index contributed by atoms with van der Waals surface area (Å²) in [6, 6.07) is 1.83. The molecule has 1 fully saturated rings. The summed E-state index contributed by atoms with van der Waals surface area (Å²) in [5.41, 5.74) is 9.48. The standard InChI is InChI=1S/C16H24N8/c1-12-14(13(2)22(3)21-12)11-20-15(17)23-7-9-24(10-8-23)16-18-5-4-6-19-16/h4-6H,7-11H2,1-3H3,(H2,17,20).